The summed E-state index contributed by atoms with van der Waals surface area (Å²) >= 11 is 0. The van der Waals surface area contributed by atoms with E-state index < -0.39 is 6.10 Å². The molecule has 5 N–H and O–H groups in total. The Labute approximate surface area is 47.0 Å². The van der Waals surface area contributed by atoms with E-state index in [9.17, 15) is 0 Å². The fourth-order valence-electron chi connectivity index (χ4n) is 0.275. The van der Waals surface area contributed by atoms with Gasteiger partial charge < -0.3 is 15.2 Å². The van der Waals surface area contributed by atoms with Gasteiger partial charge in [0.05, 0.1) is 12.7 Å². The zero-order valence-electron chi connectivity index (χ0n) is 4.37. The summed E-state index contributed by atoms with van der Waals surface area (Å²) in [6.07, 6.45) is -0.745. The summed E-state index contributed by atoms with van der Waals surface area (Å²) < 4.78 is 0. The predicted molar refractivity (Wildman–Crippen MR) is 25.9 cm³/mol. The van der Waals surface area contributed by atoms with E-state index in [-0.39, 0.29) is 13.2 Å². The lowest BCUT2D eigenvalue weighted by molar-refractivity contribution is 0.0152. The van der Waals surface area contributed by atoms with Crippen molar-refractivity contribution in [1.29, 1.82) is 0 Å². The molecule has 0 radical (unpaired) electrons. The van der Waals surface area contributed by atoms with Crippen LogP contribution in [0.15, 0.2) is 0 Å². The maximum atomic E-state index is 8.62. The van der Waals surface area contributed by atoms with E-state index in [1.54, 1.807) is 5.48 Å². The van der Waals surface area contributed by atoms with Crippen LogP contribution in [0.2, 0.25) is 0 Å². The molecule has 8 heavy (non-hydrogen) atoms. The number of hydrogen-bond acceptors (Lipinski definition) is 5. The molecular weight excluding hydrogens is 112 g/mol. The Bertz CT molecular complexity index is 45.8. The highest BCUT2D eigenvalue weighted by Gasteiger charge is 1.99. The molecule has 5 nitrogen and oxygen atoms in total. The van der Waals surface area contributed by atoms with Gasteiger partial charge in [-0.05, 0) is 0 Å². The Morgan fingerprint density at radius 2 is 2.38 bits per heavy atom. The second-order valence-electron chi connectivity index (χ2n) is 1.35. The van der Waals surface area contributed by atoms with Crippen LogP contribution in [0.3, 0.4) is 0 Å². The highest BCUT2D eigenvalue weighted by Crippen LogP contribution is 1.76. The lowest BCUT2D eigenvalue weighted by atomic mass is 10.4. The van der Waals surface area contributed by atoms with Crippen LogP contribution in [0.5, 0.6) is 0 Å². The first-order valence-electron chi connectivity index (χ1n) is 2.18. The van der Waals surface area contributed by atoms with Crippen LogP contribution < -0.4 is 11.4 Å². The molecule has 0 aliphatic carbocycles. The summed E-state index contributed by atoms with van der Waals surface area (Å²) in [6.45, 7) is 0.0881. The Morgan fingerprint density at radius 3 is 2.75 bits per heavy atom. The van der Waals surface area contributed by atoms with Crippen molar-refractivity contribution in [3.63, 3.8) is 0 Å². The summed E-state index contributed by atoms with van der Waals surface area (Å²) in [5.74, 6) is 4.59. The topological polar surface area (TPSA) is 87.7 Å². The van der Waals surface area contributed by atoms with Crippen molar-refractivity contribution in [2.75, 3.05) is 13.2 Å². The van der Waals surface area contributed by atoms with Gasteiger partial charge in [0.25, 0.3) is 0 Å². The SMILES string of the molecule is NOCC(O)CNO. The van der Waals surface area contributed by atoms with Crippen LogP contribution >= 0.6 is 0 Å². The van der Waals surface area contributed by atoms with Crippen molar-refractivity contribution in [2.45, 2.75) is 6.10 Å². The number of rotatable bonds is 4. The minimum Gasteiger partial charge on any atom is -0.389 e. The number of hydroxylamine groups is 1. The van der Waals surface area contributed by atoms with Crippen LogP contribution in [0.1, 0.15) is 0 Å². The Hall–Kier alpha value is -0.200. The molecule has 0 saturated heterocycles. The molecule has 0 saturated carbocycles. The lowest BCUT2D eigenvalue weighted by Gasteiger charge is -2.04. The molecule has 0 fully saturated rings. The van der Waals surface area contributed by atoms with Crippen LogP contribution in [0, 0.1) is 0 Å². The van der Waals surface area contributed by atoms with Crippen molar-refractivity contribution < 1.29 is 15.2 Å². The first-order valence-corrected chi connectivity index (χ1v) is 2.18. The molecule has 0 aromatic carbocycles. The van der Waals surface area contributed by atoms with Gasteiger partial charge in [-0.2, -0.15) is 0 Å². The molecule has 1 unspecified atom stereocenters. The molecule has 50 valence electrons. The number of nitrogens with two attached hydrogens (primary N) is 1. The number of hydrogen-bond donors (Lipinski definition) is 4. The van der Waals surface area contributed by atoms with Crippen LogP contribution in [0.25, 0.3) is 0 Å². The van der Waals surface area contributed by atoms with Gasteiger partial charge in [0.2, 0.25) is 0 Å². The molecule has 0 bridgehead atoms. The number of aliphatic hydroxyl groups is 1. The highest BCUT2D eigenvalue weighted by molar-refractivity contribution is 4.50. The summed E-state index contributed by atoms with van der Waals surface area (Å²) in [6, 6.07) is 0. The fraction of sp³-hybridized carbons (Fsp3) is 1.00. The molecular formula is C3H10N2O3. The first-order chi connectivity index (χ1) is 3.81. The normalized spacial score (nSPS) is 13.9. The van der Waals surface area contributed by atoms with E-state index in [4.69, 9.17) is 10.3 Å². The van der Waals surface area contributed by atoms with E-state index in [0.29, 0.717) is 0 Å². The zero-order valence-corrected chi connectivity index (χ0v) is 4.37. The van der Waals surface area contributed by atoms with Gasteiger partial charge in [-0.1, -0.05) is 0 Å². The Kier molecular flexibility index (Phi) is 4.82. The molecule has 0 aliphatic heterocycles. The third-order valence-corrected chi connectivity index (χ3v) is 0.616. The zero-order chi connectivity index (χ0) is 6.41. The predicted octanol–water partition coefficient (Wildman–Crippen LogP) is -1.78. The first kappa shape index (κ1) is 7.80. The molecule has 0 amide bonds. The van der Waals surface area contributed by atoms with E-state index in [0.717, 1.165) is 0 Å². The van der Waals surface area contributed by atoms with Gasteiger partial charge in [0.1, 0.15) is 0 Å². The molecule has 0 rings (SSSR count). The van der Waals surface area contributed by atoms with Crippen LogP contribution in [-0.2, 0) is 4.84 Å². The maximum absolute atomic E-state index is 8.62. The van der Waals surface area contributed by atoms with Crippen molar-refractivity contribution in [3.8, 4) is 0 Å². The Morgan fingerprint density at radius 1 is 1.75 bits per heavy atom. The van der Waals surface area contributed by atoms with Gasteiger partial charge in [-0.3, -0.25) is 0 Å². The van der Waals surface area contributed by atoms with Crippen molar-refractivity contribution in [2.24, 2.45) is 5.90 Å². The average molecular weight is 122 g/mol. The van der Waals surface area contributed by atoms with Gasteiger partial charge in [0.15, 0.2) is 0 Å². The molecule has 0 aromatic rings. The summed E-state index contributed by atoms with van der Waals surface area (Å²) in [7, 11) is 0. The maximum Gasteiger partial charge on any atom is 0.0952 e. The van der Waals surface area contributed by atoms with Gasteiger partial charge >= 0.3 is 0 Å². The molecule has 0 spiro atoms. The fourth-order valence-corrected chi connectivity index (χ4v) is 0.275. The Balaban J connectivity index is 2.92. The standard InChI is InChI=1S/C3H10N2O3/c4-8-2-3(6)1-5-7/h3,5-7H,1-2,4H2. The number of nitrogens with one attached hydrogen (secondary N) is 1. The van der Waals surface area contributed by atoms with Crippen molar-refractivity contribution in [1.82, 2.24) is 5.48 Å². The molecule has 1 atom stereocenters. The minimum atomic E-state index is -0.745. The monoisotopic (exact) mass is 122 g/mol. The second-order valence-corrected chi connectivity index (χ2v) is 1.35. The molecule has 0 heterocycles. The smallest absolute Gasteiger partial charge is 0.0952 e. The van der Waals surface area contributed by atoms with Gasteiger partial charge in [-0.25, -0.2) is 11.4 Å². The average Bonchev–Trinajstić information content (AvgIpc) is 1.68. The van der Waals surface area contributed by atoms with Gasteiger partial charge in [-0.15, -0.1) is 0 Å². The van der Waals surface area contributed by atoms with Crippen molar-refractivity contribution >= 4 is 0 Å². The lowest BCUT2D eigenvalue weighted by Crippen LogP contribution is -2.29. The highest BCUT2D eigenvalue weighted by atomic mass is 16.6. The molecule has 0 aromatic heterocycles. The minimum absolute atomic E-state index is 0.0214. The van der Waals surface area contributed by atoms with E-state index >= 15 is 0 Å². The largest absolute Gasteiger partial charge is 0.389 e. The third kappa shape index (κ3) is 3.97. The van der Waals surface area contributed by atoms with E-state index in [1.165, 1.54) is 0 Å². The van der Waals surface area contributed by atoms with E-state index in [2.05, 4.69) is 10.7 Å². The van der Waals surface area contributed by atoms with Crippen LogP contribution in [-0.4, -0.2) is 29.6 Å². The van der Waals surface area contributed by atoms with Crippen LogP contribution in [0.4, 0.5) is 0 Å². The quantitative estimate of drug-likeness (QED) is 0.331. The van der Waals surface area contributed by atoms with E-state index in [1.807, 2.05) is 0 Å². The molecule has 0 aliphatic rings. The second kappa shape index (κ2) is 4.95. The summed E-state index contributed by atoms with van der Waals surface area (Å²) in [4.78, 5) is 4.06. The third-order valence-electron chi connectivity index (χ3n) is 0.616. The molecule has 5 heteroatoms. The summed E-state index contributed by atoms with van der Waals surface area (Å²) in [5.41, 5.74) is 1.77. The summed E-state index contributed by atoms with van der Waals surface area (Å²) in [5, 5.41) is 16.6. The van der Waals surface area contributed by atoms with Gasteiger partial charge in [0, 0.05) is 6.54 Å². The van der Waals surface area contributed by atoms with Crippen molar-refractivity contribution in [3.05, 3.63) is 0 Å². The number of aliphatic hydroxyl groups excluding tert-OH is 1.